The smallest absolute Gasteiger partial charge is 0.361 e. The Morgan fingerprint density at radius 2 is 2.22 bits per heavy atom. The summed E-state index contributed by atoms with van der Waals surface area (Å²) in [6.07, 6.45) is 3.96. The maximum Gasteiger partial charge on any atom is 0.406 e. The summed E-state index contributed by atoms with van der Waals surface area (Å²) < 4.78 is 1.65. The van der Waals surface area contributed by atoms with Crippen LogP contribution in [-0.2, 0) is 7.05 Å². The molecule has 1 atom stereocenters. The molecule has 1 fully saturated rings. The van der Waals surface area contributed by atoms with Crippen molar-refractivity contribution in [3.63, 3.8) is 0 Å². The highest BCUT2D eigenvalue weighted by Crippen LogP contribution is 2.22. The van der Waals surface area contributed by atoms with Gasteiger partial charge in [0.2, 0.25) is 12.1 Å². The molecule has 100 valence electrons. The fourth-order valence-electron chi connectivity index (χ4n) is 2.35. The Kier molecular flexibility index (Phi) is 3.81. The minimum absolute atomic E-state index is 0.106. The Hall–Kier alpha value is -1.63. The molecule has 0 amide bonds. The van der Waals surface area contributed by atoms with Crippen molar-refractivity contribution in [2.75, 3.05) is 25.0 Å². The van der Waals surface area contributed by atoms with Crippen LogP contribution in [0.2, 0.25) is 0 Å². The first-order chi connectivity index (χ1) is 8.58. The third kappa shape index (κ3) is 2.79. The number of hydrogen-bond donors (Lipinski definition) is 1. The molecule has 0 saturated carbocycles. The van der Waals surface area contributed by atoms with E-state index in [1.54, 1.807) is 11.6 Å². The number of hydrogen-bond acceptors (Lipinski definition) is 5. The average molecular weight is 253 g/mol. The van der Waals surface area contributed by atoms with Gasteiger partial charge in [-0.2, -0.15) is 0 Å². The van der Waals surface area contributed by atoms with Crippen LogP contribution in [0.5, 0.6) is 0 Å². The Morgan fingerprint density at radius 3 is 2.83 bits per heavy atom. The first-order valence-corrected chi connectivity index (χ1v) is 6.22. The monoisotopic (exact) mass is 253 g/mol. The Labute approximate surface area is 106 Å². The highest BCUT2D eigenvalue weighted by molar-refractivity contribution is 5.52. The summed E-state index contributed by atoms with van der Waals surface area (Å²) in [6.45, 7) is 5.19. The lowest BCUT2D eigenvalue weighted by Crippen LogP contribution is -2.33. The first kappa shape index (κ1) is 12.8. The molecule has 0 spiro atoms. The summed E-state index contributed by atoms with van der Waals surface area (Å²) in [5, 5.41) is 14.0. The minimum Gasteiger partial charge on any atom is -0.361 e. The van der Waals surface area contributed by atoms with Crippen molar-refractivity contribution in [1.29, 1.82) is 0 Å². The number of aryl methyl sites for hydroxylation is 1. The average Bonchev–Trinajstić information content (AvgIpc) is 2.90. The van der Waals surface area contributed by atoms with Crippen LogP contribution in [0, 0.1) is 10.1 Å². The molecular weight excluding hydrogens is 234 g/mol. The van der Waals surface area contributed by atoms with E-state index in [0.717, 1.165) is 19.6 Å². The predicted octanol–water partition coefficient (Wildman–Crippen LogP) is 1.22. The third-order valence-electron chi connectivity index (χ3n) is 3.20. The lowest BCUT2D eigenvalue weighted by Gasteiger charge is -2.21. The Bertz CT molecular complexity index is 425. The van der Waals surface area contributed by atoms with Gasteiger partial charge in [0, 0.05) is 19.6 Å². The normalized spacial score (nSPS) is 17.9. The molecular formula is C11H19N5O2. The molecule has 1 aromatic heterocycles. The van der Waals surface area contributed by atoms with Crippen molar-refractivity contribution in [3.05, 3.63) is 16.4 Å². The van der Waals surface area contributed by atoms with Gasteiger partial charge in [-0.1, -0.05) is 0 Å². The van der Waals surface area contributed by atoms with Gasteiger partial charge >= 0.3 is 5.82 Å². The number of nitrogens with one attached hydrogen (secondary N) is 1. The topological polar surface area (TPSA) is 76.2 Å². The molecule has 7 heteroatoms. The van der Waals surface area contributed by atoms with Gasteiger partial charge in [0.15, 0.2) is 0 Å². The zero-order valence-electron chi connectivity index (χ0n) is 10.8. The van der Waals surface area contributed by atoms with Crippen molar-refractivity contribution in [2.24, 2.45) is 7.05 Å². The largest absolute Gasteiger partial charge is 0.406 e. The van der Waals surface area contributed by atoms with Crippen molar-refractivity contribution < 1.29 is 4.92 Å². The van der Waals surface area contributed by atoms with E-state index >= 15 is 0 Å². The van der Waals surface area contributed by atoms with E-state index in [1.807, 2.05) is 6.92 Å². The van der Waals surface area contributed by atoms with E-state index in [9.17, 15) is 10.1 Å². The number of rotatable bonds is 5. The molecule has 1 N–H and O–H groups in total. The maximum atomic E-state index is 10.8. The van der Waals surface area contributed by atoms with Crippen LogP contribution in [0.1, 0.15) is 19.8 Å². The molecule has 2 heterocycles. The van der Waals surface area contributed by atoms with Gasteiger partial charge in [0.05, 0.1) is 0 Å². The zero-order valence-corrected chi connectivity index (χ0v) is 10.8. The molecule has 7 nitrogen and oxygen atoms in total. The number of imidazole rings is 1. The van der Waals surface area contributed by atoms with Crippen molar-refractivity contribution >= 4 is 11.6 Å². The fraction of sp³-hybridized carbons (Fsp3) is 0.727. The predicted molar refractivity (Wildman–Crippen MR) is 68.6 cm³/mol. The maximum absolute atomic E-state index is 10.8. The molecule has 1 unspecified atom stereocenters. The molecule has 0 aliphatic carbocycles. The molecule has 1 aromatic rings. The number of nitro groups is 1. The summed E-state index contributed by atoms with van der Waals surface area (Å²) >= 11 is 0. The molecule has 2 rings (SSSR count). The van der Waals surface area contributed by atoms with Gasteiger partial charge in [0.25, 0.3) is 0 Å². The minimum atomic E-state index is -0.453. The molecule has 1 saturated heterocycles. The van der Waals surface area contributed by atoms with Crippen LogP contribution in [0.25, 0.3) is 0 Å². The Balaban J connectivity index is 1.99. The number of aromatic nitrogens is 2. The van der Waals surface area contributed by atoms with Crippen LogP contribution in [0.15, 0.2) is 6.33 Å². The van der Waals surface area contributed by atoms with E-state index in [-0.39, 0.29) is 11.9 Å². The molecule has 18 heavy (non-hydrogen) atoms. The van der Waals surface area contributed by atoms with E-state index in [0.29, 0.717) is 5.82 Å². The van der Waals surface area contributed by atoms with E-state index < -0.39 is 4.92 Å². The summed E-state index contributed by atoms with van der Waals surface area (Å²) in [7, 11) is 1.75. The van der Waals surface area contributed by atoms with Gasteiger partial charge in [-0.15, -0.1) is 0 Å². The highest BCUT2D eigenvalue weighted by Gasteiger charge is 2.22. The van der Waals surface area contributed by atoms with Crippen LogP contribution >= 0.6 is 0 Å². The first-order valence-electron chi connectivity index (χ1n) is 6.22. The summed E-state index contributed by atoms with van der Waals surface area (Å²) in [4.78, 5) is 16.5. The van der Waals surface area contributed by atoms with Gasteiger partial charge in [-0.3, -0.25) is 4.57 Å². The van der Waals surface area contributed by atoms with Gasteiger partial charge in [0.1, 0.15) is 0 Å². The lowest BCUT2D eigenvalue weighted by atomic mass is 10.3. The van der Waals surface area contributed by atoms with Gasteiger partial charge in [-0.05, 0) is 42.8 Å². The van der Waals surface area contributed by atoms with Crippen LogP contribution < -0.4 is 5.32 Å². The zero-order chi connectivity index (χ0) is 13.1. The van der Waals surface area contributed by atoms with Crippen molar-refractivity contribution in [3.8, 4) is 0 Å². The Morgan fingerprint density at radius 1 is 1.56 bits per heavy atom. The molecule has 0 bridgehead atoms. The van der Waals surface area contributed by atoms with E-state index in [2.05, 4.69) is 15.2 Å². The second-order valence-electron chi connectivity index (χ2n) is 4.84. The molecule has 0 aromatic carbocycles. The second kappa shape index (κ2) is 5.34. The molecule has 1 aliphatic heterocycles. The van der Waals surface area contributed by atoms with Crippen LogP contribution in [0.3, 0.4) is 0 Å². The molecule has 0 radical (unpaired) electrons. The SMILES string of the molecule is CC(CN1CCCC1)Nc1c([N+](=O)[O-])ncn1C. The summed E-state index contributed by atoms with van der Waals surface area (Å²) in [5.41, 5.74) is 0. The molecule has 1 aliphatic rings. The van der Waals surface area contributed by atoms with Gasteiger partial charge < -0.3 is 20.3 Å². The van der Waals surface area contributed by atoms with E-state index in [1.165, 1.54) is 19.2 Å². The standard InChI is InChI=1S/C11H19N5O2/c1-9(7-15-5-3-4-6-15)13-11-10(16(17)18)12-8-14(11)2/h8-9,13H,3-7H2,1-2H3. The van der Waals surface area contributed by atoms with Crippen molar-refractivity contribution in [2.45, 2.75) is 25.8 Å². The van der Waals surface area contributed by atoms with Crippen LogP contribution in [0.4, 0.5) is 11.6 Å². The highest BCUT2D eigenvalue weighted by atomic mass is 16.6. The number of anilines is 1. The van der Waals surface area contributed by atoms with Crippen molar-refractivity contribution in [1.82, 2.24) is 14.5 Å². The van der Waals surface area contributed by atoms with Gasteiger partial charge in [-0.25, -0.2) is 0 Å². The quantitative estimate of drug-likeness (QED) is 0.630. The number of nitrogens with zero attached hydrogens (tertiary/aromatic N) is 4. The fourth-order valence-corrected chi connectivity index (χ4v) is 2.35. The second-order valence-corrected chi connectivity index (χ2v) is 4.84. The van der Waals surface area contributed by atoms with E-state index in [4.69, 9.17) is 0 Å². The third-order valence-corrected chi connectivity index (χ3v) is 3.20. The lowest BCUT2D eigenvalue weighted by molar-refractivity contribution is -0.388. The summed E-state index contributed by atoms with van der Waals surface area (Å²) in [6, 6.07) is 0.164. The number of likely N-dealkylation sites (tertiary alicyclic amines) is 1. The summed E-state index contributed by atoms with van der Waals surface area (Å²) in [5.74, 6) is 0.373. The van der Waals surface area contributed by atoms with Crippen LogP contribution in [-0.4, -0.2) is 45.1 Å².